The van der Waals surface area contributed by atoms with Crippen LogP contribution in [-0.4, -0.2) is 157 Å². The summed E-state index contributed by atoms with van der Waals surface area (Å²) in [6, 6.07) is 82.6. The van der Waals surface area contributed by atoms with Gasteiger partial charge in [-0.3, -0.25) is 24.8 Å². The predicted molar refractivity (Wildman–Crippen MR) is 444 cm³/mol. The lowest BCUT2D eigenvalue weighted by Gasteiger charge is -2.41. The molecule has 5 fully saturated rings. The fraction of sp³-hybridized carbons (Fsp3) is 0.355. The van der Waals surface area contributed by atoms with E-state index in [1.807, 2.05) is 66.7 Å². The number of phenolic OH excluding ortho intramolecular Hbond substituents is 1. The van der Waals surface area contributed by atoms with Crippen LogP contribution in [0.5, 0.6) is 5.75 Å². The number of nitrogens with zero attached hydrogens (tertiary/aromatic N) is 7. The van der Waals surface area contributed by atoms with Gasteiger partial charge in [0.25, 0.3) is 5.69 Å². The number of aliphatic hydroxyl groups is 3. The van der Waals surface area contributed by atoms with Gasteiger partial charge >= 0.3 is 0 Å². The lowest BCUT2D eigenvalue weighted by Crippen LogP contribution is -2.50. The molecular weight excluding hydrogens is 1330 g/mol. The molecule has 0 bridgehead atoms. The number of nitro groups is 1. The summed E-state index contributed by atoms with van der Waals surface area (Å²) in [6.45, 7) is 18.1. The number of nitrogen functional groups attached to an aromatic ring is 1. The summed E-state index contributed by atoms with van der Waals surface area (Å²) < 4.78 is 0. The third kappa shape index (κ3) is 20.7. The standard InChI is InChI=1S/C33H40N2O2.C30H33N3O3.C30H37N3O/c36-25-7-12-32(26-8-3-1-4-9-26)33(28-15-19-31(37)20-16-28)27-13-17-30(18-14-27)35-23-21-34(22-24-35)29-10-5-2-6-11-29;34-22-4-7-29(23-5-2-1-3-6-23)30(25-10-14-28(15-11-25)33(35)36)24-8-12-26(13-9-24)31-18-20-32(21-19-31)27-16-17-27;1-23(2)32-18-20-33(21-19-32)28-16-12-26(13-17-28)30(25-10-14-27(31)15-11-25)29(9-6-22-34)24-7-4-3-5-8-24/h1,3-4,8-9,13-20,29,36-37H,2,5-7,10-12,21-25H2;1-3,5-6,8-15,27,34H,4,7,16-22H2;3-5,7-8,10-17,23,34H,6,9,18-22,31H2,1-2H3/b33-32+;30-29+;30-29-. The zero-order valence-electron chi connectivity index (χ0n) is 62.9. The van der Waals surface area contributed by atoms with Crippen LogP contribution in [0.4, 0.5) is 28.4 Å². The first-order valence-electron chi connectivity index (χ1n) is 39.3. The molecule has 2 aliphatic carbocycles. The van der Waals surface area contributed by atoms with Crippen LogP contribution in [-0.2, 0) is 0 Å². The molecule has 0 amide bonds. The first-order valence-corrected chi connectivity index (χ1v) is 39.3. The number of hydrogen-bond acceptors (Lipinski definition) is 13. The van der Waals surface area contributed by atoms with Crippen LogP contribution in [0.3, 0.4) is 0 Å². The van der Waals surface area contributed by atoms with Crippen LogP contribution in [0, 0.1) is 10.1 Å². The van der Waals surface area contributed by atoms with Gasteiger partial charge in [-0.05, 0) is 234 Å². The predicted octanol–water partition coefficient (Wildman–Crippen LogP) is 17.7. The van der Waals surface area contributed by atoms with Crippen LogP contribution in [0.1, 0.15) is 147 Å². The molecule has 0 unspecified atom stereocenters. The molecule has 9 aromatic carbocycles. The number of rotatable bonds is 25. The molecule has 14 nitrogen and oxygen atoms in total. The van der Waals surface area contributed by atoms with E-state index in [0.717, 1.165) is 166 Å². The van der Waals surface area contributed by atoms with E-state index in [9.17, 15) is 30.5 Å². The highest BCUT2D eigenvalue weighted by atomic mass is 16.6. The second-order valence-electron chi connectivity index (χ2n) is 29.4. The van der Waals surface area contributed by atoms with Gasteiger partial charge in [0.15, 0.2) is 0 Å². The minimum Gasteiger partial charge on any atom is -0.508 e. The molecule has 3 heterocycles. The third-order valence-electron chi connectivity index (χ3n) is 22.1. The zero-order chi connectivity index (χ0) is 74.3. The Morgan fingerprint density at radius 1 is 0.383 bits per heavy atom. The van der Waals surface area contributed by atoms with Gasteiger partial charge in [-0.2, -0.15) is 0 Å². The molecular formula is C93H110N8O6. The minimum atomic E-state index is -0.366. The highest BCUT2D eigenvalue weighted by Crippen LogP contribution is 2.41. The molecule has 107 heavy (non-hydrogen) atoms. The summed E-state index contributed by atoms with van der Waals surface area (Å²) in [4.78, 5) is 26.2. The number of aliphatic hydroxyl groups excluding tert-OH is 3. The lowest BCUT2D eigenvalue weighted by atomic mass is 9.87. The number of anilines is 4. The van der Waals surface area contributed by atoms with E-state index in [-0.39, 0.29) is 36.2 Å². The van der Waals surface area contributed by atoms with Gasteiger partial charge in [0.05, 0.1) is 4.92 Å². The summed E-state index contributed by atoms with van der Waals surface area (Å²) in [5.74, 6) is 0.266. The smallest absolute Gasteiger partial charge is 0.269 e. The molecule has 14 rings (SSSR count). The van der Waals surface area contributed by atoms with Gasteiger partial charge in [0, 0.05) is 151 Å². The molecule has 3 saturated heterocycles. The Kier molecular flexibility index (Phi) is 27.9. The van der Waals surface area contributed by atoms with Crippen LogP contribution in [0.15, 0.2) is 237 Å². The Morgan fingerprint density at radius 2 is 0.682 bits per heavy atom. The van der Waals surface area contributed by atoms with Crippen molar-refractivity contribution >= 4 is 61.9 Å². The van der Waals surface area contributed by atoms with E-state index in [0.29, 0.717) is 25.3 Å². The molecule has 5 aliphatic rings. The summed E-state index contributed by atoms with van der Waals surface area (Å²) >= 11 is 0. The van der Waals surface area contributed by atoms with E-state index in [4.69, 9.17) is 5.73 Å². The average molecular weight is 1440 g/mol. The van der Waals surface area contributed by atoms with Crippen molar-refractivity contribution in [1.82, 2.24) is 14.7 Å². The van der Waals surface area contributed by atoms with Crippen molar-refractivity contribution in [2.75, 3.05) is 119 Å². The maximum atomic E-state index is 11.3. The molecule has 3 aliphatic heterocycles. The van der Waals surface area contributed by atoms with Gasteiger partial charge in [-0.15, -0.1) is 0 Å². The largest absolute Gasteiger partial charge is 0.508 e. The van der Waals surface area contributed by atoms with E-state index in [1.165, 1.54) is 95.4 Å². The van der Waals surface area contributed by atoms with Crippen LogP contribution in [0.2, 0.25) is 0 Å². The Labute approximate surface area is 635 Å². The Bertz CT molecular complexity index is 4290. The maximum absolute atomic E-state index is 11.3. The fourth-order valence-corrected chi connectivity index (χ4v) is 16.1. The molecule has 0 aromatic heterocycles. The van der Waals surface area contributed by atoms with Gasteiger partial charge in [0.2, 0.25) is 0 Å². The summed E-state index contributed by atoms with van der Waals surface area (Å²) in [5.41, 5.74) is 27.7. The Hall–Kier alpha value is -9.64. The van der Waals surface area contributed by atoms with Crippen LogP contribution >= 0.6 is 0 Å². The van der Waals surface area contributed by atoms with Crippen molar-refractivity contribution in [3.63, 3.8) is 0 Å². The number of aromatic hydroxyl groups is 1. The van der Waals surface area contributed by atoms with Crippen molar-refractivity contribution in [2.24, 2.45) is 0 Å². The van der Waals surface area contributed by atoms with Gasteiger partial charge < -0.3 is 40.9 Å². The Morgan fingerprint density at radius 3 is 0.991 bits per heavy atom. The molecule has 9 aromatic rings. The minimum absolute atomic E-state index is 0.0791. The number of phenols is 1. The quantitative estimate of drug-likeness (QED) is 0.0159. The summed E-state index contributed by atoms with van der Waals surface area (Å²) in [7, 11) is 0. The van der Waals surface area contributed by atoms with Crippen molar-refractivity contribution < 1.29 is 25.3 Å². The number of nitrogens with two attached hydrogens (primary N) is 1. The lowest BCUT2D eigenvalue weighted by molar-refractivity contribution is -0.384. The molecule has 0 atom stereocenters. The van der Waals surface area contributed by atoms with Crippen LogP contribution < -0.4 is 20.4 Å². The molecule has 6 N–H and O–H groups in total. The first kappa shape index (κ1) is 77.0. The van der Waals surface area contributed by atoms with Crippen LogP contribution in [0.25, 0.3) is 33.4 Å². The second-order valence-corrected chi connectivity index (χ2v) is 29.4. The number of hydrogen-bond donors (Lipinski definition) is 5. The van der Waals surface area contributed by atoms with E-state index >= 15 is 0 Å². The molecule has 14 heteroatoms. The molecule has 0 radical (unpaired) electrons. The number of benzene rings is 9. The van der Waals surface area contributed by atoms with Gasteiger partial charge in [-0.25, -0.2) is 0 Å². The highest BCUT2D eigenvalue weighted by molar-refractivity contribution is 6.01. The summed E-state index contributed by atoms with van der Waals surface area (Å²) in [6.07, 6.45) is 14.0. The van der Waals surface area contributed by atoms with Crippen molar-refractivity contribution in [1.29, 1.82) is 0 Å². The fourth-order valence-electron chi connectivity index (χ4n) is 16.1. The molecule has 0 spiro atoms. The normalized spacial score (nSPS) is 16.9. The van der Waals surface area contributed by atoms with E-state index in [2.05, 4.69) is 189 Å². The average Bonchev–Trinajstić information content (AvgIpc) is 1.24. The highest BCUT2D eigenvalue weighted by Gasteiger charge is 2.32. The SMILES string of the molecule is CC(C)N1CCN(c2ccc(/C(=C(/CCCO)c3ccccc3)c3ccc(N)cc3)cc2)CC1.O=[N+]([O-])c1ccc(/C(=C(\CCCO)c2ccccc2)c2ccc(N3CCN(C4CC4)CC3)cc2)cc1.OCCC/C(=C(\c1ccc(O)cc1)c1ccc(N2CCN(C3CCCCC3)CC2)cc1)c1ccccc1. The number of allylic oxidation sites excluding steroid dienone is 3. The number of piperazine rings is 3. The first-order chi connectivity index (χ1) is 52.4. The third-order valence-corrected chi connectivity index (χ3v) is 22.1. The number of non-ortho nitro benzene ring substituents is 1. The Balaban J connectivity index is 0.000000150. The molecule has 558 valence electrons. The monoisotopic (exact) mass is 1430 g/mol. The van der Waals surface area contributed by atoms with Gasteiger partial charge in [-0.1, -0.05) is 171 Å². The van der Waals surface area contributed by atoms with Crippen molar-refractivity contribution in [3.05, 3.63) is 297 Å². The number of nitro benzene ring substituents is 1. The van der Waals surface area contributed by atoms with Crippen molar-refractivity contribution in [2.45, 2.75) is 115 Å². The van der Waals surface area contributed by atoms with E-state index < -0.39 is 0 Å². The van der Waals surface area contributed by atoms with Crippen molar-refractivity contribution in [3.8, 4) is 5.75 Å². The van der Waals surface area contributed by atoms with Gasteiger partial charge in [0.1, 0.15) is 5.75 Å². The summed E-state index contributed by atoms with van der Waals surface area (Å²) in [5, 5.41) is 50.0. The zero-order valence-corrected chi connectivity index (χ0v) is 62.9. The second kappa shape index (κ2) is 38.8. The van der Waals surface area contributed by atoms with E-state index in [1.54, 1.807) is 24.3 Å². The maximum Gasteiger partial charge on any atom is 0.269 e. The topological polar surface area (TPSA) is 170 Å². The molecule has 2 saturated carbocycles.